The van der Waals surface area contributed by atoms with Crippen LogP contribution < -0.4 is 0 Å². The van der Waals surface area contributed by atoms with Gasteiger partial charge in [-0.05, 0) is 31.7 Å². The molecule has 1 saturated carbocycles. The first-order valence-corrected chi connectivity index (χ1v) is 6.56. The zero-order valence-corrected chi connectivity index (χ0v) is 10.8. The average molecular weight is 272 g/mol. The molecule has 18 heavy (non-hydrogen) atoms. The summed E-state index contributed by atoms with van der Waals surface area (Å²) in [6.45, 7) is 0. The number of hydrogen-bond acceptors (Lipinski definition) is 3. The van der Waals surface area contributed by atoms with Gasteiger partial charge in [0.15, 0.2) is 0 Å². The number of esters is 1. The lowest BCUT2D eigenvalue weighted by molar-refractivity contribution is 0.0266. The molecule has 98 valence electrons. The summed E-state index contributed by atoms with van der Waals surface area (Å²) in [5, 5.41) is -0.0185. The molecule has 0 aromatic carbocycles. The fourth-order valence-electron chi connectivity index (χ4n) is 2.14. The van der Waals surface area contributed by atoms with Crippen molar-refractivity contribution in [1.29, 1.82) is 0 Å². The van der Waals surface area contributed by atoms with E-state index in [1.54, 1.807) is 0 Å². The van der Waals surface area contributed by atoms with E-state index in [9.17, 15) is 9.18 Å². The summed E-state index contributed by atoms with van der Waals surface area (Å²) in [5.74, 6) is -1.17. The van der Waals surface area contributed by atoms with Gasteiger partial charge in [0, 0.05) is 0 Å². The highest BCUT2D eigenvalue weighted by Crippen LogP contribution is 2.22. The zero-order chi connectivity index (χ0) is 13.0. The number of hydrogen-bond donors (Lipinski definition) is 0. The van der Waals surface area contributed by atoms with Crippen LogP contribution in [-0.2, 0) is 4.74 Å². The van der Waals surface area contributed by atoms with E-state index in [0.717, 1.165) is 37.9 Å². The zero-order valence-electron chi connectivity index (χ0n) is 9.99. The molecule has 0 unspecified atom stereocenters. The van der Waals surface area contributed by atoms with Gasteiger partial charge in [0.05, 0.1) is 11.8 Å². The van der Waals surface area contributed by atoms with Crippen LogP contribution in [0.5, 0.6) is 0 Å². The molecule has 1 aromatic heterocycles. The first-order chi connectivity index (χ1) is 8.66. The molecule has 1 aliphatic rings. The monoisotopic (exact) mass is 271 g/mol. The van der Waals surface area contributed by atoms with Crippen molar-refractivity contribution >= 4 is 17.6 Å². The van der Waals surface area contributed by atoms with Gasteiger partial charge in [-0.1, -0.05) is 24.4 Å². The van der Waals surface area contributed by atoms with Gasteiger partial charge in [-0.2, -0.15) is 0 Å². The Labute approximate surface area is 110 Å². The number of rotatable bonds is 2. The van der Waals surface area contributed by atoms with Crippen LogP contribution >= 0.6 is 11.6 Å². The number of aromatic nitrogens is 1. The second kappa shape index (κ2) is 6.14. The SMILES string of the molecule is O=C(OC1CCCCCC1)c1cc(F)cnc1Cl. The van der Waals surface area contributed by atoms with Gasteiger partial charge in [-0.3, -0.25) is 0 Å². The fourth-order valence-corrected chi connectivity index (χ4v) is 2.32. The Balaban J connectivity index is 2.04. The predicted octanol–water partition coefficient (Wildman–Crippen LogP) is 3.75. The molecular formula is C13H15ClFNO2. The van der Waals surface area contributed by atoms with E-state index >= 15 is 0 Å². The Morgan fingerprint density at radius 2 is 2.00 bits per heavy atom. The number of pyridine rings is 1. The quantitative estimate of drug-likeness (QED) is 0.467. The van der Waals surface area contributed by atoms with E-state index in [0.29, 0.717) is 0 Å². The molecule has 1 aliphatic carbocycles. The average Bonchev–Trinajstić information content (AvgIpc) is 2.61. The van der Waals surface area contributed by atoms with Crippen molar-refractivity contribution in [2.75, 3.05) is 0 Å². The largest absolute Gasteiger partial charge is 0.459 e. The summed E-state index contributed by atoms with van der Waals surface area (Å²) in [7, 11) is 0. The second-order valence-electron chi connectivity index (χ2n) is 4.51. The molecule has 1 aromatic rings. The van der Waals surface area contributed by atoms with Crippen LogP contribution in [0.4, 0.5) is 4.39 Å². The van der Waals surface area contributed by atoms with Crippen molar-refractivity contribution in [2.45, 2.75) is 44.6 Å². The van der Waals surface area contributed by atoms with Gasteiger partial charge in [-0.25, -0.2) is 14.2 Å². The molecule has 1 fully saturated rings. The number of carbonyl (C=O) groups is 1. The van der Waals surface area contributed by atoms with E-state index in [1.807, 2.05) is 0 Å². The van der Waals surface area contributed by atoms with E-state index < -0.39 is 11.8 Å². The lowest BCUT2D eigenvalue weighted by Crippen LogP contribution is -2.18. The third-order valence-corrected chi connectivity index (χ3v) is 3.40. The van der Waals surface area contributed by atoms with Gasteiger partial charge < -0.3 is 4.74 Å². The second-order valence-corrected chi connectivity index (χ2v) is 4.87. The molecule has 0 radical (unpaired) electrons. The van der Waals surface area contributed by atoms with E-state index in [1.165, 1.54) is 12.8 Å². The van der Waals surface area contributed by atoms with Crippen LogP contribution in [0.3, 0.4) is 0 Å². The first kappa shape index (κ1) is 13.3. The Hall–Kier alpha value is -1.16. The summed E-state index contributed by atoms with van der Waals surface area (Å²) >= 11 is 5.76. The van der Waals surface area contributed by atoms with Crippen LogP contribution in [0.15, 0.2) is 12.3 Å². The Morgan fingerprint density at radius 1 is 1.33 bits per heavy atom. The third kappa shape index (κ3) is 3.42. The van der Waals surface area contributed by atoms with Crippen molar-refractivity contribution in [3.8, 4) is 0 Å². The van der Waals surface area contributed by atoms with Crippen molar-refractivity contribution < 1.29 is 13.9 Å². The van der Waals surface area contributed by atoms with Crippen LogP contribution in [0.2, 0.25) is 5.15 Å². The van der Waals surface area contributed by atoms with Gasteiger partial charge in [0.1, 0.15) is 17.1 Å². The molecule has 0 atom stereocenters. The van der Waals surface area contributed by atoms with Crippen molar-refractivity contribution in [1.82, 2.24) is 4.98 Å². The minimum absolute atomic E-state index is 0.000846. The molecule has 3 nitrogen and oxygen atoms in total. The molecular weight excluding hydrogens is 257 g/mol. The maximum Gasteiger partial charge on any atom is 0.341 e. The van der Waals surface area contributed by atoms with Gasteiger partial charge in [0.2, 0.25) is 0 Å². The summed E-state index contributed by atoms with van der Waals surface area (Å²) in [6, 6.07) is 1.06. The predicted molar refractivity (Wildman–Crippen MR) is 66.1 cm³/mol. The van der Waals surface area contributed by atoms with Crippen molar-refractivity contribution in [3.63, 3.8) is 0 Å². The normalized spacial score (nSPS) is 17.2. The number of carbonyl (C=O) groups excluding carboxylic acids is 1. The number of nitrogens with zero attached hydrogens (tertiary/aromatic N) is 1. The minimum Gasteiger partial charge on any atom is -0.459 e. The highest BCUT2D eigenvalue weighted by atomic mass is 35.5. The van der Waals surface area contributed by atoms with E-state index in [2.05, 4.69) is 4.98 Å². The maximum atomic E-state index is 13.0. The molecule has 0 saturated heterocycles. The Kier molecular flexibility index (Phi) is 4.53. The van der Waals surface area contributed by atoms with Gasteiger partial charge >= 0.3 is 5.97 Å². The molecule has 0 aliphatic heterocycles. The van der Waals surface area contributed by atoms with Crippen molar-refractivity contribution in [3.05, 3.63) is 28.8 Å². The molecule has 0 bridgehead atoms. The topological polar surface area (TPSA) is 39.2 Å². The highest BCUT2D eigenvalue weighted by molar-refractivity contribution is 6.32. The molecule has 1 heterocycles. The molecule has 0 spiro atoms. The van der Waals surface area contributed by atoms with E-state index in [4.69, 9.17) is 16.3 Å². The Bertz CT molecular complexity index is 431. The van der Waals surface area contributed by atoms with E-state index in [-0.39, 0.29) is 16.8 Å². The summed E-state index contributed by atoms with van der Waals surface area (Å²) in [6.07, 6.45) is 7.11. The molecule has 0 amide bonds. The lowest BCUT2D eigenvalue weighted by atomic mass is 10.1. The molecule has 2 rings (SSSR count). The van der Waals surface area contributed by atoms with Crippen LogP contribution in [0, 0.1) is 5.82 Å². The van der Waals surface area contributed by atoms with Crippen LogP contribution in [0.25, 0.3) is 0 Å². The third-order valence-electron chi connectivity index (χ3n) is 3.10. The van der Waals surface area contributed by atoms with Gasteiger partial charge in [-0.15, -0.1) is 0 Å². The lowest BCUT2D eigenvalue weighted by Gasteiger charge is -2.15. The minimum atomic E-state index is -0.591. The standard InChI is InChI=1S/C13H15ClFNO2/c14-12-11(7-9(15)8-16-12)13(17)18-10-5-3-1-2-4-6-10/h7-8,10H,1-6H2. The summed E-state index contributed by atoms with van der Waals surface area (Å²) in [5.41, 5.74) is 0.000846. The summed E-state index contributed by atoms with van der Waals surface area (Å²) in [4.78, 5) is 15.5. The first-order valence-electron chi connectivity index (χ1n) is 6.19. The highest BCUT2D eigenvalue weighted by Gasteiger charge is 2.20. The van der Waals surface area contributed by atoms with Gasteiger partial charge in [0.25, 0.3) is 0 Å². The molecule has 5 heteroatoms. The maximum absolute atomic E-state index is 13.0. The Morgan fingerprint density at radius 3 is 2.67 bits per heavy atom. The fraction of sp³-hybridized carbons (Fsp3) is 0.538. The summed E-state index contributed by atoms with van der Waals surface area (Å²) < 4.78 is 18.4. The van der Waals surface area contributed by atoms with Crippen LogP contribution in [-0.4, -0.2) is 17.1 Å². The van der Waals surface area contributed by atoms with Crippen molar-refractivity contribution in [2.24, 2.45) is 0 Å². The molecule has 0 N–H and O–H groups in total. The van der Waals surface area contributed by atoms with Crippen LogP contribution in [0.1, 0.15) is 48.9 Å². The number of halogens is 2. The smallest absolute Gasteiger partial charge is 0.341 e. The number of ether oxygens (including phenoxy) is 1.